The summed E-state index contributed by atoms with van der Waals surface area (Å²) >= 11 is 3.50. The van der Waals surface area contributed by atoms with Crippen LogP contribution in [0.1, 0.15) is 30.6 Å². The first-order chi connectivity index (χ1) is 10.1. The van der Waals surface area contributed by atoms with Gasteiger partial charge in [0.1, 0.15) is 11.9 Å². The number of aryl methyl sites for hydroxylation is 1. The Bertz CT molecular complexity index is 673. The zero-order chi connectivity index (χ0) is 14.8. The quantitative estimate of drug-likeness (QED) is 0.917. The van der Waals surface area contributed by atoms with E-state index in [-0.39, 0.29) is 12.0 Å². The Kier molecular flexibility index (Phi) is 3.92. The van der Waals surface area contributed by atoms with Crippen LogP contribution >= 0.6 is 15.9 Å². The molecule has 0 saturated heterocycles. The number of nitrogens with one attached hydrogen (secondary N) is 1. The van der Waals surface area contributed by atoms with Gasteiger partial charge in [0, 0.05) is 28.9 Å². The second-order valence-corrected chi connectivity index (χ2v) is 5.95. The van der Waals surface area contributed by atoms with Gasteiger partial charge in [-0.3, -0.25) is 9.78 Å². The van der Waals surface area contributed by atoms with Crippen molar-refractivity contribution in [3.63, 3.8) is 0 Å². The van der Waals surface area contributed by atoms with Gasteiger partial charge >= 0.3 is 0 Å². The Balaban J connectivity index is 1.92. The molecule has 1 aromatic carbocycles. The molecule has 1 aromatic heterocycles. The zero-order valence-electron chi connectivity index (χ0n) is 11.6. The number of hydrogen-bond donors (Lipinski definition) is 1. The molecule has 2 heterocycles. The number of amides is 1. The number of pyridine rings is 1. The van der Waals surface area contributed by atoms with Crippen LogP contribution in [0, 0.1) is 0 Å². The monoisotopic (exact) mass is 346 g/mol. The number of aromatic nitrogens is 1. The third-order valence-electron chi connectivity index (χ3n) is 3.49. The normalized spacial score (nSPS) is 15.0. The molecule has 2 aromatic rings. The number of halogens is 1. The Hall–Kier alpha value is -1.88. The SMILES string of the molecule is CC(Oc1cc(Br)cc2c1NC(=O)CC2)c1cccnc1. The molecule has 0 aliphatic carbocycles. The first-order valence-electron chi connectivity index (χ1n) is 6.82. The van der Waals surface area contributed by atoms with E-state index in [9.17, 15) is 4.79 Å². The molecular weight excluding hydrogens is 332 g/mol. The van der Waals surface area contributed by atoms with Crippen LogP contribution in [0.3, 0.4) is 0 Å². The highest BCUT2D eigenvalue weighted by Crippen LogP contribution is 2.37. The summed E-state index contributed by atoms with van der Waals surface area (Å²) in [5, 5.41) is 2.91. The van der Waals surface area contributed by atoms with E-state index < -0.39 is 0 Å². The fourth-order valence-electron chi connectivity index (χ4n) is 2.39. The average Bonchev–Trinajstić information content (AvgIpc) is 2.49. The third kappa shape index (κ3) is 3.08. The van der Waals surface area contributed by atoms with E-state index in [1.807, 2.05) is 31.2 Å². The van der Waals surface area contributed by atoms with Crippen molar-refractivity contribution in [2.24, 2.45) is 0 Å². The summed E-state index contributed by atoms with van der Waals surface area (Å²) in [6.07, 6.45) is 4.63. The van der Waals surface area contributed by atoms with Crippen LogP contribution in [0.25, 0.3) is 0 Å². The molecule has 1 amide bonds. The van der Waals surface area contributed by atoms with E-state index in [1.54, 1.807) is 12.4 Å². The van der Waals surface area contributed by atoms with Gasteiger partial charge in [-0.15, -0.1) is 0 Å². The van der Waals surface area contributed by atoms with Crippen LogP contribution in [0.4, 0.5) is 5.69 Å². The number of anilines is 1. The number of carbonyl (C=O) groups is 1. The van der Waals surface area contributed by atoms with E-state index in [0.717, 1.165) is 27.7 Å². The van der Waals surface area contributed by atoms with Crippen molar-refractivity contribution in [1.29, 1.82) is 0 Å². The lowest BCUT2D eigenvalue weighted by Gasteiger charge is -2.23. The second-order valence-electron chi connectivity index (χ2n) is 5.03. The fourth-order valence-corrected chi connectivity index (χ4v) is 2.88. The van der Waals surface area contributed by atoms with Crippen LogP contribution in [-0.4, -0.2) is 10.9 Å². The van der Waals surface area contributed by atoms with Gasteiger partial charge in [-0.05, 0) is 37.1 Å². The largest absolute Gasteiger partial charge is 0.484 e. The smallest absolute Gasteiger partial charge is 0.224 e. The van der Waals surface area contributed by atoms with Crippen LogP contribution in [0.2, 0.25) is 0 Å². The zero-order valence-corrected chi connectivity index (χ0v) is 13.2. The first-order valence-corrected chi connectivity index (χ1v) is 7.61. The van der Waals surface area contributed by atoms with E-state index >= 15 is 0 Å². The minimum Gasteiger partial charge on any atom is -0.484 e. The van der Waals surface area contributed by atoms with Gasteiger partial charge in [0.2, 0.25) is 5.91 Å². The van der Waals surface area contributed by atoms with Gasteiger partial charge in [-0.2, -0.15) is 0 Å². The molecule has 0 spiro atoms. The number of hydrogen-bond acceptors (Lipinski definition) is 3. The Labute approximate surface area is 131 Å². The number of carbonyl (C=O) groups excluding carboxylic acids is 1. The summed E-state index contributed by atoms with van der Waals surface area (Å²) in [6.45, 7) is 1.97. The summed E-state index contributed by atoms with van der Waals surface area (Å²) in [5.41, 5.74) is 2.87. The van der Waals surface area contributed by atoms with Crippen LogP contribution in [0.5, 0.6) is 5.75 Å². The van der Waals surface area contributed by atoms with E-state index in [4.69, 9.17) is 4.74 Å². The standard InChI is InChI=1S/C16H15BrN2O2/c1-10(12-3-2-6-18-9-12)21-14-8-13(17)7-11-4-5-15(20)19-16(11)14/h2-3,6-10H,4-5H2,1H3,(H,19,20). The highest BCUT2D eigenvalue weighted by Gasteiger charge is 2.21. The Morgan fingerprint density at radius 1 is 1.38 bits per heavy atom. The molecule has 0 bridgehead atoms. The highest BCUT2D eigenvalue weighted by atomic mass is 79.9. The lowest BCUT2D eigenvalue weighted by atomic mass is 10.0. The van der Waals surface area contributed by atoms with Crippen LogP contribution in [0.15, 0.2) is 41.1 Å². The lowest BCUT2D eigenvalue weighted by molar-refractivity contribution is -0.116. The lowest BCUT2D eigenvalue weighted by Crippen LogP contribution is -2.20. The molecule has 5 heteroatoms. The Morgan fingerprint density at radius 2 is 2.24 bits per heavy atom. The molecule has 21 heavy (non-hydrogen) atoms. The maximum atomic E-state index is 11.6. The fraction of sp³-hybridized carbons (Fsp3) is 0.250. The van der Waals surface area contributed by atoms with Gasteiger partial charge in [-0.1, -0.05) is 22.0 Å². The van der Waals surface area contributed by atoms with Crippen LogP contribution < -0.4 is 10.1 Å². The van der Waals surface area contributed by atoms with Gasteiger partial charge in [0.15, 0.2) is 0 Å². The van der Waals surface area contributed by atoms with Crippen molar-refractivity contribution < 1.29 is 9.53 Å². The predicted octanol–water partition coefficient (Wildman–Crippen LogP) is 3.87. The molecule has 0 radical (unpaired) electrons. The third-order valence-corrected chi connectivity index (χ3v) is 3.95. The molecule has 1 atom stereocenters. The van der Waals surface area contributed by atoms with Crippen molar-refractivity contribution in [3.05, 3.63) is 52.3 Å². The van der Waals surface area contributed by atoms with E-state index in [1.165, 1.54) is 0 Å². The minimum atomic E-state index is -0.143. The summed E-state index contributed by atoms with van der Waals surface area (Å²) in [4.78, 5) is 15.7. The number of ether oxygens (including phenoxy) is 1. The second kappa shape index (κ2) is 5.85. The van der Waals surface area contributed by atoms with Crippen molar-refractivity contribution in [3.8, 4) is 5.75 Å². The summed E-state index contributed by atoms with van der Waals surface area (Å²) in [6, 6.07) is 7.77. The predicted molar refractivity (Wildman–Crippen MR) is 84.4 cm³/mol. The molecule has 1 N–H and O–H groups in total. The molecule has 108 valence electrons. The average molecular weight is 347 g/mol. The molecule has 3 rings (SSSR count). The maximum absolute atomic E-state index is 11.6. The molecule has 0 fully saturated rings. The molecule has 1 aliphatic rings. The van der Waals surface area contributed by atoms with Crippen LogP contribution in [-0.2, 0) is 11.2 Å². The number of rotatable bonds is 3. The molecule has 1 aliphatic heterocycles. The summed E-state index contributed by atoms with van der Waals surface area (Å²) in [5.74, 6) is 0.715. The van der Waals surface area contributed by atoms with Gasteiger partial charge in [0.05, 0.1) is 5.69 Å². The maximum Gasteiger partial charge on any atom is 0.224 e. The molecule has 1 unspecified atom stereocenters. The highest BCUT2D eigenvalue weighted by molar-refractivity contribution is 9.10. The van der Waals surface area contributed by atoms with E-state index in [2.05, 4.69) is 26.2 Å². The molecular formula is C16H15BrN2O2. The minimum absolute atomic E-state index is 0.0312. The molecule has 0 saturated carbocycles. The van der Waals surface area contributed by atoms with Crippen molar-refractivity contribution >= 4 is 27.5 Å². The molecule has 4 nitrogen and oxygen atoms in total. The number of fused-ring (bicyclic) bond motifs is 1. The summed E-state index contributed by atoms with van der Waals surface area (Å²) < 4.78 is 6.99. The summed E-state index contributed by atoms with van der Waals surface area (Å²) in [7, 11) is 0. The van der Waals surface area contributed by atoms with E-state index in [0.29, 0.717) is 12.2 Å². The van der Waals surface area contributed by atoms with Gasteiger partial charge in [-0.25, -0.2) is 0 Å². The van der Waals surface area contributed by atoms with Gasteiger partial charge in [0.25, 0.3) is 0 Å². The topological polar surface area (TPSA) is 51.2 Å². The van der Waals surface area contributed by atoms with Crippen molar-refractivity contribution in [2.45, 2.75) is 25.9 Å². The van der Waals surface area contributed by atoms with Crippen molar-refractivity contribution in [2.75, 3.05) is 5.32 Å². The number of benzene rings is 1. The van der Waals surface area contributed by atoms with Gasteiger partial charge < -0.3 is 10.1 Å². The number of nitrogens with zero attached hydrogens (tertiary/aromatic N) is 1. The van der Waals surface area contributed by atoms with Crippen molar-refractivity contribution in [1.82, 2.24) is 4.98 Å². The first kappa shape index (κ1) is 14.1. The Morgan fingerprint density at radius 3 is 3.00 bits per heavy atom.